The van der Waals surface area contributed by atoms with E-state index in [1.54, 1.807) is 16.3 Å². The summed E-state index contributed by atoms with van der Waals surface area (Å²) in [7, 11) is 1.76. The molecule has 7 rings (SSSR count). The minimum atomic E-state index is -0.582. The Morgan fingerprint density at radius 3 is 2.74 bits per heavy atom. The number of aromatic nitrogens is 5. The van der Waals surface area contributed by atoms with Crippen molar-refractivity contribution in [1.29, 1.82) is 0 Å². The van der Waals surface area contributed by atoms with E-state index in [0.717, 1.165) is 53.7 Å². The number of nitrogens with zero attached hydrogens (tertiary/aromatic N) is 6. The summed E-state index contributed by atoms with van der Waals surface area (Å²) in [5.41, 5.74) is 1.70. The third kappa shape index (κ3) is 4.87. The van der Waals surface area contributed by atoms with Crippen LogP contribution >= 0.6 is 22.9 Å². The van der Waals surface area contributed by atoms with Crippen LogP contribution in [0.2, 0.25) is 5.02 Å². The molecule has 1 N–H and O–H groups in total. The van der Waals surface area contributed by atoms with Gasteiger partial charge in [-0.2, -0.15) is 10.1 Å². The molecule has 6 heterocycles. The van der Waals surface area contributed by atoms with Crippen LogP contribution in [-0.2, 0) is 16.5 Å². The first-order chi connectivity index (χ1) is 20.5. The Bertz CT molecular complexity index is 1800. The van der Waals surface area contributed by atoms with Crippen molar-refractivity contribution in [3.8, 4) is 11.3 Å². The topological polar surface area (TPSA) is 116 Å². The highest BCUT2D eigenvalue weighted by Crippen LogP contribution is 2.43. The highest BCUT2D eigenvalue weighted by atomic mass is 35.5. The molecule has 4 atom stereocenters. The first-order valence-corrected chi connectivity index (χ1v) is 16.1. The number of amides is 1. The van der Waals surface area contributed by atoms with Gasteiger partial charge < -0.3 is 19.7 Å². The van der Waals surface area contributed by atoms with Gasteiger partial charge in [0.05, 0.1) is 32.3 Å². The maximum Gasteiger partial charge on any atom is 0.407 e. The number of fused-ring (bicyclic) bond motifs is 4. The van der Waals surface area contributed by atoms with Crippen molar-refractivity contribution in [1.82, 2.24) is 29.6 Å². The number of nitrogens with one attached hydrogen (secondary N) is 1. The molecule has 3 saturated heterocycles. The zero-order valence-electron chi connectivity index (χ0n) is 25.0. The Kier molecular flexibility index (Phi) is 6.94. The number of hydrogen-bond donors (Lipinski definition) is 1. The molecule has 3 aromatic heterocycles. The minimum absolute atomic E-state index is 0.00117. The predicted molar refractivity (Wildman–Crippen MR) is 167 cm³/mol. The van der Waals surface area contributed by atoms with Gasteiger partial charge in [0.2, 0.25) is 5.95 Å². The fraction of sp³-hybridized carbons (Fsp3) is 0.567. The molecule has 1 amide bonds. The molecule has 3 fully saturated rings. The molecule has 4 aromatic rings. The molecule has 3 aliphatic heterocycles. The Labute approximate surface area is 258 Å². The number of benzene rings is 1. The number of rotatable bonds is 4. The van der Waals surface area contributed by atoms with Gasteiger partial charge >= 0.3 is 6.09 Å². The average Bonchev–Trinajstić information content (AvgIpc) is 3.71. The fourth-order valence-electron chi connectivity index (χ4n) is 6.86. The molecule has 0 spiro atoms. The van der Waals surface area contributed by atoms with Gasteiger partial charge in [-0.15, -0.1) is 11.3 Å². The lowest BCUT2D eigenvalue weighted by Gasteiger charge is -2.28. The third-order valence-corrected chi connectivity index (χ3v) is 10.2. The molecule has 228 valence electrons. The number of hydrogen-bond acceptors (Lipinski definition) is 9. The summed E-state index contributed by atoms with van der Waals surface area (Å²) in [6, 6.07) is 3.86. The van der Waals surface area contributed by atoms with Crippen LogP contribution in [0.1, 0.15) is 70.5 Å². The van der Waals surface area contributed by atoms with Crippen molar-refractivity contribution in [3.05, 3.63) is 32.5 Å². The monoisotopic (exact) mass is 625 g/mol. The fourth-order valence-corrected chi connectivity index (χ4v) is 8.09. The molecule has 2 bridgehead atoms. The van der Waals surface area contributed by atoms with E-state index < -0.39 is 11.7 Å². The van der Waals surface area contributed by atoms with Gasteiger partial charge in [0.25, 0.3) is 5.56 Å². The van der Waals surface area contributed by atoms with Gasteiger partial charge in [-0.1, -0.05) is 11.6 Å². The van der Waals surface area contributed by atoms with Crippen LogP contribution < -0.4 is 15.8 Å². The lowest BCUT2D eigenvalue weighted by molar-refractivity contribution is -0.0368. The van der Waals surface area contributed by atoms with Gasteiger partial charge in [-0.05, 0) is 78.4 Å². The predicted octanol–water partition coefficient (Wildman–Crippen LogP) is 5.70. The molecular formula is C30H36ClN7O4S. The Morgan fingerprint density at radius 1 is 1.19 bits per heavy atom. The minimum Gasteiger partial charge on any atom is -0.444 e. The highest BCUT2D eigenvalue weighted by molar-refractivity contribution is 7.19. The Hall–Kier alpha value is -3.22. The van der Waals surface area contributed by atoms with Crippen molar-refractivity contribution in [3.63, 3.8) is 0 Å². The molecule has 0 radical (unpaired) electrons. The second kappa shape index (κ2) is 10.4. The van der Waals surface area contributed by atoms with E-state index in [-0.39, 0.29) is 29.9 Å². The summed E-state index contributed by atoms with van der Waals surface area (Å²) in [4.78, 5) is 38.9. The van der Waals surface area contributed by atoms with E-state index in [4.69, 9.17) is 31.2 Å². The number of thiazole rings is 1. The van der Waals surface area contributed by atoms with Crippen molar-refractivity contribution in [2.75, 3.05) is 11.5 Å². The third-order valence-electron chi connectivity index (χ3n) is 8.67. The smallest absolute Gasteiger partial charge is 0.407 e. The molecule has 0 saturated carbocycles. The number of alkyl carbamates (subject to hydrolysis) is 1. The maximum absolute atomic E-state index is 14.3. The molecule has 1 aromatic carbocycles. The van der Waals surface area contributed by atoms with E-state index in [9.17, 15) is 9.59 Å². The Morgan fingerprint density at radius 2 is 2.00 bits per heavy atom. The first kappa shape index (κ1) is 28.5. The van der Waals surface area contributed by atoms with Gasteiger partial charge in [-0.25, -0.2) is 14.5 Å². The summed E-state index contributed by atoms with van der Waals surface area (Å²) in [5, 5.41) is 9.93. The van der Waals surface area contributed by atoms with Gasteiger partial charge in [0.1, 0.15) is 16.7 Å². The standard InChI is InChI=1S/C30H36ClN7O4S/c1-15-32-18-11-10-17(23(31)25(18)43-15)24-22-26(38(35-24)21-8-6-7-13-41-21)34-28(36(5)27(22)39)37-16-9-12-20(37)19(14-16)33-29(40)42-30(2,3)4/h10-11,16,19-21H,6-9,12-14H2,1-5H3,(H,33,40)/t16?,19-,20-,21?/m1/s1. The van der Waals surface area contributed by atoms with Crippen LogP contribution in [0.25, 0.3) is 32.5 Å². The number of carbonyl (C=O) groups is 1. The molecule has 13 heteroatoms. The number of halogens is 1. The summed E-state index contributed by atoms with van der Waals surface area (Å²) < 4.78 is 15.9. The van der Waals surface area contributed by atoms with Crippen LogP contribution in [0.4, 0.5) is 10.7 Å². The zero-order chi connectivity index (χ0) is 30.2. The SMILES string of the molecule is Cc1nc2ccc(-c3nn(C4CCCCO4)c4nc(N5C6CC[C@@H]5[C@H](NC(=O)OC(C)(C)C)C6)n(C)c(=O)c34)c(Cl)c2s1. The number of anilines is 1. The van der Waals surface area contributed by atoms with E-state index >= 15 is 0 Å². The van der Waals surface area contributed by atoms with Gasteiger partial charge in [0, 0.05) is 25.3 Å². The number of aryl methyl sites for hydroxylation is 1. The summed E-state index contributed by atoms with van der Waals surface area (Å²) in [6.07, 6.45) is 4.62. The van der Waals surface area contributed by atoms with E-state index in [1.165, 1.54) is 11.3 Å². The molecule has 3 aliphatic rings. The maximum atomic E-state index is 14.3. The van der Waals surface area contributed by atoms with E-state index in [1.807, 2.05) is 39.8 Å². The average molecular weight is 626 g/mol. The summed E-state index contributed by atoms with van der Waals surface area (Å²) in [5.74, 6) is 0.571. The van der Waals surface area contributed by atoms with Crippen molar-refractivity contribution >= 4 is 56.2 Å². The molecule has 2 unspecified atom stereocenters. The van der Waals surface area contributed by atoms with Crippen LogP contribution in [0, 0.1) is 6.92 Å². The first-order valence-electron chi connectivity index (χ1n) is 14.9. The van der Waals surface area contributed by atoms with Crippen molar-refractivity contribution < 1.29 is 14.3 Å². The molecular weight excluding hydrogens is 590 g/mol. The Balaban J connectivity index is 1.34. The van der Waals surface area contributed by atoms with Crippen LogP contribution in [0.5, 0.6) is 0 Å². The van der Waals surface area contributed by atoms with Crippen LogP contribution in [0.3, 0.4) is 0 Å². The van der Waals surface area contributed by atoms with Crippen molar-refractivity contribution in [2.24, 2.45) is 7.05 Å². The highest BCUT2D eigenvalue weighted by Gasteiger charge is 2.49. The second-order valence-electron chi connectivity index (χ2n) is 12.8. The van der Waals surface area contributed by atoms with E-state index in [2.05, 4.69) is 15.2 Å². The lowest BCUT2D eigenvalue weighted by Crippen LogP contribution is -2.46. The summed E-state index contributed by atoms with van der Waals surface area (Å²) in [6.45, 7) is 8.13. The lowest BCUT2D eigenvalue weighted by atomic mass is 9.96. The largest absolute Gasteiger partial charge is 0.444 e. The molecule has 0 aliphatic carbocycles. The molecule has 43 heavy (non-hydrogen) atoms. The number of carbonyl (C=O) groups excluding carboxylic acids is 1. The zero-order valence-corrected chi connectivity index (χ0v) is 26.6. The second-order valence-corrected chi connectivity index (χ2v) is 14.4. The molecule has 11 nitrogen and oxygen atoms in total. The van der Waals surface area contributed by atoms with Gasteiger partial charge in [0.15, 0.2) is 11.9 Å². The summed E-state index contributed by atoms with van der Waals surface area (Å²) >= 11 is 8.49. The van der Waals surface area contributed by atoms with Crippen molar-refractivity contribution in [2.45, 2.75) is 96.2 Å². The van der Waals surface area contributed by atoms with Crippen LogP contribution in [-0.4, -0.2) is 60.7 Å². The normalized spacial score (nSPS) is 23.9. The number of ether oxygens (including phenoxy) is 2. The van der Waals surface area contributed by atoms with E-state index in [0.29, 0.717) is 39.9 Å². The van der Waals surface area contributed by atoms with Crippen LogP contribution in [0.15, 0.2) is 16.9 Å². The van der Waals surface area contributed by atoms with Gasteiger partial charge in [-0.3, -0.25) is 9.36 Å². The quantitative estimate of drug-likeness (QED) is 0.307.